The number of thioether (sulfide) groups is 1. The molecule has 0 aliphatic carbocycles. The smallest absolute Gasteiger partial charge is 0.405 e. The molecule has 22 heteroatoms. The minimum absolute atomic E-state index is 0.172. The average molecular weight is 1020 g/mol. The second-order valence-electron chi connectivity index (χ2n) is 14.3. The van der Waals surface area contributed by atoms with Crippen LogP contribution in [0.4, 0.5) is 24.0 Å². The molecule has 10 N–H and O–H groups in total. The third kappa shape index (κ3) is 23.4. The van der Waals surface area contributed by atoms with Gasteiger partial charge >= 0.3 is 30.5 Å². The minimum Gasteiger partial charge on any atom is -0.449 e. The fourth-order valence-corrected chi connectivity index (χ4v) is 7.90. The van der Waals surface area contributed by atoms with E-state index in [1.807, 2.05) is 103 Å². The maximum atomic E-state index is 11.8. The maximum absolute atomic E-state index is 11.8. The van der Waals surface area contributed by atoms with Gasteiger partial charge in [0.2, 0.25) is 0 Å². The van der Waals surface area contributed by atoms with Gasteiger partial charge in [0, 0.05) is 17.6 Å². The molecule has 0 heterocycles. The molecule has 0 aliphatic rings. The summed E-state index contributed by atoms with van der Waals surface area (Å²) >= 11 is 1.61. The molecule has 0 radical (unpaired) electrons. The minimum atomic E-state index is -3.42. The number of hydrogen-bond donors (Lipinski definition) is 5. The van der Waals surface area contributed by atoms with E-state index in [1.54, 1.807) is 36.9 Å². The van der Waals surface area contributed by atoms with E-state index in [0.29, 0.717) is 12.2 Å². The first-order valence-electron chi connectivity index (χ1n) is 20.7. The topological polar surface area (TPSA) is 330 Å². The van der Waals surface area contributed by atoms with Crippen molar-refractivity contribution in [3.05, 3.63) is 162 Å². The number of ether oxygens (including phenoxy) is 5. The van der Waals surface area contributed by atoms with E-state index >= 15 is 0 Å². The molecule has 0 unspecified atom stereocenters. The summed E-state index contributed by atoms with van der Waals surface area (Å²) in [7, 11) is -6.47. The SMILES string of the molecule is CS(=O)(=O)CCOC(N)=O.CSCCOC(N)=O.Cc1ccccc1S(=O)(=O)CCOC(N)=O.NC(=O)OC(c1ccccc1)c1ccccc1.NC(=O)OCc1c2ccccc2cc2ccccc12. The molecule has 5 amide bonds. The van der Waals surface area contributed by atoms with Crippen molar-refractivity contribution in [3.63, 3.8) is 0 Å². The van der Waals surface area contributed by atoms with E-state index in [-0.39, 0.29) is 36.2 Å². The van der Waals surface area contributed by atoms with E-state index in [9.17, 15) is 40.8 Å². The lowest BCUT2D eigenvalue weighted by atomic mass is 9.97. The second kappa shape index (κ2) is 30.7. The van der Waals surface area contributed by atoms with Crippen LogP contribution in [0.2, 0.25) is 0 Å². The van der Waals surface area contributed by atoms with Crippen molar-refractivity contribution in [2.45, 2.75) is 24.5 Å². The summed E-state index contributed by atoms with van der Waals surface area (Å²) in [6.45, 7) is 1.91. The predicted octanol–water partition coefficient (Wildman–Crippen LogP) is 6.89. The maximum Gasteiger partial charge on any atom is 0.405 e. The predicted molar refractivity (Wildman–Crippen MR) is 269 cm³/mol. The van der Waals surface area contributed by atoms with Gasteiger partial charge in [0.05, 0.1) is 16.4 Å². The first-order chi connectivity index (χ1) is 33.1. The van der Waals surface area contributed by atoms with Gasteiger partial charge in [-0.2, -0.15) is 11.8 Å². The highest BCUT2D eigenvalue weighted by Gasteiger charge is 2.18. The van der Waals surface area contributed by atoms with Gasteiger partial charge in [-0.1, -0.05) is 127 Å². The summed E-state index contributed by atoms with van der Waals surface area (Å²) in [5.41, 5.74) is 27.6. The first-order valence-corrected chi connectivity index (χ1v) is 25.8. The number of amides is 5. The monoisotopic (exact) mass is 1020 g/mol. The van der Waals surface area contributed by atoms with Gasteiger partial charge in [0.1, 0.15) is 26.4 Å². The highest BCUT2D eigenvalue weighted by atomic mass is 32.2. The molecule has 0 spiro atoms. The number of carbonyl (C=O) groups is 5. The Kier molecular flexibility index (Phi) is 25.7. The Bertz CT molecular complexity index is 2750. The molecule has 0 atom stereocenters. The number of carbonyl (C=O) groups excluding carboxylic acids is 5. The van der Waals surface area contributed by atoms with Crippen LogP contribution in [0, 0.1) is 6.92 Å². The van der Waals surface area contributed by atoms with E-state index in [4.69, 9.17) is 26.7 Å². The lowest BCUT2D eigenvalue weighted by Crippen LogP contribution is -2.19. The summed E-state index contributed by atoms with van der Waals surface area (Å²) in [6.07, 6.45) is -1.61. The van der Waals surface area contributed by atoms with Crippen LogP contribution in [-0.4, -0.2) is 96.9 Å². The lowest BCUT2D eigenvalue weighted by Gasteiger charge is -2.17. The zero-order valence-electron chi connectivity index (χ0n) is 38.6. The number of nitrogens with two attached hydrogens (primary N) is 5. The zero-order chi connectivity index (χ0) is 52.1. The molecule has 19 nitrogen and oxygen atoms in total. The van der Waals surface area contributed by atoms with Crippen molar-refractivity contribution in [1.29, 1.82) is 0 Å². The van der Waals surface area contributed by atoms with Crippen LogP contribution < -0.4 is 28.7 Å². The quantitative estimate of drug-likeness (QED) is 0.0397. The normalized spacial score (nSPS) is 10.5. The Labute approximate surface area is 410 Å². The highest BCUT2D eigenvalue weighted by Crippen LogP contribution is 2.29. The van der Waals surface area contributed by atoms with Gasteiger partial charge in [-0.05, 0) is 63.5 Å². The number of rotatable bonds is 15. The van der Waals surface area contributed by atoms with Crippen LogP contribution in [0.3, 0.4) is 0 Å². The number of benzene rings is 6. The van der Waals surface area contributed by atoms with Crippen LogP contribution in [-0.2, 0) is 50.0 Å². The first kappa shape index (κ1) is 58.6. The Hall–Kier alpha value is -7.56. The molecule has 6 aromatic carbocycles. The van der Waals surface area contributed by atoms with Gasteiger partial charge in [0.25, 0.3) is 0 Å². The fraction of sp³-hybridized carbons (Fsp3) is 0.229. The fourth-order valence-electron chi connectivity index (χ4n) is 5.89. The Morgan fingerprint density at radius 3 is 1.37 bits per heavy atom. The average Bonchev–Trinajstić information content (AvgIpc) is 3.30. The molecular weight excluding hydrogens is 967 g/mol. The van der Waals surface area contributed by atoms with Crippen LogP contribution in [0.1, 0.15) is 28.4 Å². The Balaban J connectivity index is 0.000000310. The summed E-state index contributed by atoms with van der Waals surface area (Å²) < 4.78 is 67.5. The largest absolute Gasteiger partial charge is 0.449 e. The van der Waals surface area contributed by atoms with Gasteiger partial charge in [-0.15, -0.1) is 0 Å². The van der Waals surface area contributed by atoms with Crippen molar-refractivity contribution < 1.29 is 64.5 Å². The molecule has 0 aliphatic heterocycles. The summed E-state index contributed by atoms with van der Waals surface area (Å²) in [6, 6.07) is 43.9. The molecular formula is C48H57N5O14S3. The van der Waals surface area contributed by atoms with Crippen molar-refractivity contribution in [2.75, 3.05) is 49.6 Å². The van der Waals surface area contributed by atoms with E-state index in [1.165, 1.54) is 6.07 Å². The number of sulfone groups is 2. The molecule has 6 aromatic rings. The van der Waals surface area contributed by atoms with Crippen molar-refractivity contribution >= 4 is 83.4 Å². The van der Waals surface area contributed by atoms with Crippen molar-refractivity contribution in [2.24, 2.45) is 28.7 Å². The second-order valence-corrected chi connectivity index (χ2v) is 19.6. The van der Waals surface area contributed by atoms with Crippen molar-refractivity contribution in [3.8, 4) is 0 Å². The Morgan fingerprint density at radius 2 is 0.943 bits per heavy atom. The number of hydrogen-bond acceptors (Lipinski definition) is 15. The number of fused-ring (bicyclic) bond motifs is 2. The van der Waals surface area contributed by atoms with Crippen LogP contribution in [0.15, 0.2) is 144 Å². The molecule has 0 fully saturated rings. The van der Waals surface area contributed by atoms with Crippen LogP contribution in [0.5, 0.6) is 0 Å². The molecule has 0 aromatic heterocycles. The number of aryl methyl sites for hydroxylation is 1. The van der Waals surface area contributed by atoms with Crippen LogP contribution in [0.25, 0.3) is 21.5 Å². The lowest BCUT2D eigenvalue weighted by molar-refractivity contribution is 0.126. The number of primary amides is 5. The van der Waals surface area contributed by atoms with E-state index in [2.05, 4.69) is 43.9 Å². The van der Waals surface area contributed by atoms with Gasteiger partial charge in [0.15, 0.2) is 25.8 Å². The summed E-state index contributed by atoms with van der Waals surface area (Å²) in [5.74, 6) is 0.361. The molecule has 376 valence electrons. The zero-order valence-corrected chi connectivity index (χ0v) is 41.1. The third-order valence-corrected chi connectivity index (χ3v) is 12.3. The van der Waals surface area contributed by atoms with Gasteiger partial charge in [-0.3, -0.25) is 0 Å². The van der Waals surface area contributed by atoms with E-state index < -0.39 is 56.2 Å². The summed E-state index contributed by atoms with van der Waals surface area (Å²) in [5, 5.41) is 4.43. The molecule has 70 heavy (non-hydrogen) atoms. The van der Waals surface area contributed by atoms with Crippen molar-refractivity contribution in [1.82, 2.24) is 0 Å². The third-order valence-electron chi connectivity index (χ3n) is 8.94. The van der Waals surface area contributed by atoms with E-state index in [0.717, 1.165) is 50.2 Å². The standard InChI is InChI=1S/C16H13NO2.C14H13NO2.C10H13NO4S.C4H9NO4S.C4H9NO2S/c17-16(18)19-10-15-13-7-3-1-5-11(13)9-12-6-2-4-8-14(12)15;15-14(16)17-13(11-7-3-1-4-8-11)12-9-5-2-6-10-12;1-8-4-2-3-5-9(8)16(13,14)7-6-15-10(11)12;1-10(7,8)3-2-9-4(5)6;1-8-3-2-7-4(5)6/h1-9H,10H2,(H2,17,18);1-10,13H,(H2,15,16);2-5H,6-7H2,1H3,(H2,11,12);2-3H2,1H3,(H2,5,6);2-3H2,1H3,(H2,5,6). The molecule has 0 saturated carbocycles. The molecule has 0 bridgehead atoms. The highest BCUT2D eigenvalue weighted by molar-refractivity contribution is 7.98. The van der Waals surface area contributed by atoms with Gasteiger partial charge < -0.3 is 52.4 Å². The van der Waals surface area contributed by atoms with Crippen LogP contribution >= 0.6 is 11.8 Å². The molecule has 0 saturated heterocycles. The van der Waals surface area contributed by atoms with Gasteiger partial charge in [-0.25, -0.2) is 40.8 Å². The Morgan fingerprint density at radius 1 is 0.529 bits per heavy atom. The molecule has 6 rings (SSSR count). The summed E-state index contributed by atoms with van der Waals surface area (Å²) in [4.78, 5) is 52.1.